The van der Waals surface area contributed by atoms with E-state index >= 15 is 0 Å². The Balaban J connectivity index is 1.38. The summed E-state index contributed by atoms with van der Waals surface area (Å²) in [5.74, 6) is -2.80. The van der Waals surface area contributed by atoms with Gasteiger partial charge in [0.05, 0.1) is 19.3 Å². The summed E-state index contributed by atoms with van der Waals surface area (Å²) in [7, 11) is 1.20. The van der Waals surface area contributed by atoms with E-state index in [-0.39, 0.29) is 11.5 Å². The van der Waals surface area contributed by atoms with Gasteiger partial charge in [-0.25, -0.2) is 14.4 Å². The van der Waals surface area contributed by atoms with Gasteiger partial charge in [0.15, 0.2) is 12.4 Å². The second kappa shape index (κ2) is 10.0. The molecule has 2 aliphatic heterocycles. The topological polar surface area (TPSA) is 104 Å². The molecule has 0 spiro atoms. The number of fused-ring (bicyclic) bond motifs is 1. The fourth-order valence-electron chi connectivity index (χ4n) is 5.83. The highest BCUT2D eigenvalue weighted by Gasteiger charge is 2.56. The van der Waals surface area contributed by atoms with Gasteiger partial charge in [0.25, 0.3) is 0 Å². The van der Waals surface area contributed by atoms with Gasteiger partial charge in [-0.1, -0.05) is 65.9 Å². The molecule has 0 aromatic heterocycles. The molecule has 5 rings (SSSR count). The third-order valence-electron chi connectivity index (χ3n) is 7.43. The summed E-state index contributed by atoms with van der Waals surface area (Å²) in [6.45, 7) is 0. The van der Waals surface area contributed by atoms with E-state index in [4.69, 9.17) is 24.4 Å². The molecule has 5 atom stereocenters. The molecule has 186 valence electrons. The number of esters is 1. The molecule has 0 amide bonds. The minimum Gasteiger partial charge on any atom is -0.467 e. The minimum absolute atomic E-state index is 0.147. The predicted octanol–water partition coefficient (Wildman–Crippen LogP) is 3.38. The van der Waals surface area contributed by atoms with Crippen LogP contribution in [0.25, 0.3) is 0 Å². The average Bonchev–Trinajstić information content (AvgIpc) is 3.51. The summed E-state index contributed by atoms with van der Waals surface area (Å²) in [5.41, 5.74) is 2.06. The molecule has 3 fully saturated rings. The molecule has 1 N–H and O–H groups in total. The molecule has 1 saturated carbocycles. The van der Waals surface area contributed by atoms with Crippen LogP contribution in [-0.2, 0) is 39.0 Å². The summed E-state index contributed by atoms with van der Waals surface area (Å²) in [5, 5.41) is 10.1. The molecule has 3 aliphatic rings. The lowest BCUT2D eigenvalue weighted by Gasteiger charge is -2.40. The van der Waals surface area contributed by atoms with Crippen molar-refractivity contribution in [2.45, 2.75) is 62.1 Å². The van der Waals surface area contributed by atoms with Gasteiger partial charge in [0.1, 0.15) is 5.92 Å². The van der Waals surface area contributed by atoms with Crippen LogP contribution in [0.2, 0.25) is 0 Å². The second-order valence-electron chi connectivity index (χ2n) is 9.17. The van der Waals surface area contributed by atoms with Crippen molar-refractivity contribution in [3.63, 3.8) is 0 Å². The van der Waals surface area contributed by atoms with Gasteiger partial charge in [-0.3, -0.25) is 4.84 Å². The highest BCUT2D eigenvalue weighted by atomic mass is 17.1. The van der Waals surface area contributed by atoms with Crippen molar-refractivity contribution in [3.05, 3.63) is 71.8 Å². The van der Waals surface area contributed by atoms with Gasteiger partial charge < -0.3 is 14.4 Å². The van der Waals surface area contributed by atoms with Crippen molar-refractivity contribution >= 4 is 11.9 Å². The maximum absolute atomic E-state index is 12.2. The quantitative estimate of drug-likeness (QED) is 0.376. The highest BCUT2D eigenvalue weighted by Crippen LogP contribution is 2.49. The van der Waals surface area contributed by atoms with E-state index in [1.54, 1.807) is 0 Å². The summed E-state index contributed by atoms with van der Waals surface area (Å²) in [6, 6.07) is 20.1. The zero-order valence-electron chi connectivity index (χ0n) is 19.4. The van der Waals surface area contributed by atoms with E-state index in [2.05, 4.69) is 29.2 Å². The Bertz CT molecular complexity index is 993. The summed E-state index contributed by atoms with van der Waals surface area (Å²) >= 11 is 0. The number of ether oxygens (including phenoxy) is 2. The number of benzene rings is 2. The lowest BCUT2D eigenvalue weighted by Crippen LogP contribution is -2.47. The molecule has 2 aromatic rings. The van der Waals surface area contributed by atoms with Crippen LogP contribution in [0.1, 0.15) is 43.2 Å². The van der Waals surface area contributed by atoms with Crippen molar-refractivity contribution < 1.29 is 38.9 Å². The van der Waals surface area contributed by atoms with Gasteiger partial charge in [-0.15, -0.1) is 0 Å². The summed E-state index contributed by atoms with van der Waals surface area (Å²) < 4.78 is 11.4. The van der Waals surface area contributed by atoms with E-state index in [9.17, 15) is 9.59 Å². The third kappa shape index (κ3) is 4.23. The Morgan fingerprint density at radius 1 is 0.943 bits per heavy atom. The largest absolute Gasteiger partial charge is 0.467 e. The van der Waals surface area contributed by atoms with E-state index in [1.807, 2.05) is 36.4 Å². The average molecular weight is 484 g/mol. The normalized spacial score (nSPS) is 29.9. The van der Waals surface area contributed by atoms with E-state index in [1.165, 1.54) is 18.2 Å². The molecular formula is C26H29NO8. The zero-order valence-corrected chi connectivity index (χ0v) is 19.4. The van der Waals surface area contributed by atoms with E-state index in [0.29, 0.717) is 12.8 Å². The first-order valence-corrected chi connectivity index (χ1v) is 11.9. The number of nitrogens with zero attached hydrogens (tertiary/aromatic N) is 1. The molecule has 2 saturated heterocycles. The van der Waals surface area contributed by atoms with Gasteiger partial charge >= 0.3 is 11.9 Å². The molecule has 0 unspecified atom stereocenters. The van der Waals surface area contributed by atoms with Crippen molar-refractivity contribution in [1.29, 1.82) is 0 Å². The number of carbonyl (C=O) groups is 2. The first-order chi connectivity index (χ1) is 17.1. The smallest absolute Gasteiger partial charge is 0.350 e. The maximum Gasteiger partial charge on any atom is 0.350 e. The van der Waals surface area contributed by atoms with Crippen molar-refractivity contribution in [3.8, 4) is 0 Å². The first-order valence-electron chi connectivity index (χ1n) is 11.9. The fraction of sp³-hybridized carbons (Fsp3) is 0.462. The molecule has 35 heavy (non-hydrogen) atoms. The van der Waals surface area contributed by atoms with Crippen LogP contribution in [-0.4, -0.2) is 54.1 Å². The van der Waals surface area contributed by atoms with Crippen molar-refractivity contribution in [2.24, 2.45) is 5.92 Å². The van der Waals surface area contributed by atoms with Crippen LogP contribution in [0.3, 0.4) is 0 Å². The second-order valence-corrected chi connectivity index (χ2v) is 9.17. The summed E-state index contributed by atoms with van der Waals surface area (Å²) in [6.07, 6.45) is 1.66. The standard InChI is InChI=1S/C26H29NO8/c1-31-25(29)23-22(24(28)35-30)19-14-15-21(33-27(19)34-23)32-20-13-8-16-26(20,17-9-4-2-5-10-17)18-11-6-3-7-12-18/h2-7,9-12,19-23,30H,8,13-16H2,1H3/t19-,20+,21-,22+,23+/m1/s1. The number of hydrogen-bond acceptors (Lipinski definition) is 9. The monoisotopic (exact) mass is 483 g/mol. The molecule has 2 aromatic carbocycles. The van der Waals surface area contributed by atoms with Crippen LogP contribution < -0.4 is 0 Å². The fourth-order valence-corrected chi connectivity index (χ4v) is 5.83. The Morgan fingerprint density at radius 2 is 1.60 bits per heavy atom. The third-order valence-corrected chi connectivity index (χ3v) is 7.43. The zero-order chi connectivity index (χ0) is 24.4. The number of rotatable bonds is 6. The molecule has 9 nitrogen and oxygen atoms in total. The van der Waals surface area contributed by atoms with Crippen LogP contribution >= 0.6 is 0 Å². The molecule has 0 bridgehead atoms. The van der Waals surface area contributed by atoms with Crippen LogP contribution in [0.5, 0.6) is 0 Å². The number of hydroxylamine groups is 2. The maximum atomic E-state index is 12.2. The number of methoxy groups -OCH3 is 1. The van der Waals surface area contributed by atoms with Crippen molar-refractivity contribution in [1.82, 2.24) is 5.23 Å². The van der Waals surface area contributed by atoms with Gasteiger partial charge in [0.2, 0.25) is 0 Å². The molecule has 2 heterocycles. The lowest BCUT2D eigenvalue weighted by atomic mass is 9.71. The van der Waals surface area contributed by atoms with Crippen molar-refractivity contribution in [2.75, 3.05) is 7.11 Å². The van der Waals surface area contributed by atoms with Crippen LogP contribution in [0, 0.1) is 5.92 Å². The van der Waals surface area contributed by atoms with Gasteiger partial charge in [0, 0.05) is 11.8 Å². The number of carbonyl (C=O) groups excluding carboxylic acids is 2. The predicted molar refractivity (Wildman–Crippen MR) is 121 cm³/mol. The Kier molecular flexibility index (Phi) is 6.86. The Labute approximate surface area is 203 Å². The summed E-state index contributed by atoms with van der Waals surface area (Å²) in [4.78, 5) is 39.9. The molecule has 0 radical (unpaired) electrons. The molecular weight excluding hydrogens is 454 g/mol. The Hall–Kier alpha value is -2.82. The SMILES string of the molecule is COC(=O)[C@H]1ON2O[C@@H](O[C@H]3CCCC3(c3ccccc3)c3ccccc3)CC[C@@H]2[C@@H]1C(=O)OO. The first kappa shape index (κ1) is 23.9. The van der Waals surface area contributed by atoms with Crippen LogP contribution in [0.4, 0.5) is 0 Å². The Morgan fingerprint density at radius 3 is 2.20 bits per heavy atom. The molecule has 9 heteroatoms. The number of hydrogen-bond donors (Lipinski definition) is 1. The minimum atomic E-state index is -1.28. The van der Waals surface area contributed by atoms with Gasteiger partial charge in [-0.2, -0.15) is 5.26 Å². The van der Waals surface area contributed by atoms with E-state index in [0.717, 1.165) is 24.5 Å². The highest BCUT2D eigenvalue weighted by molar-refractivity contribution is 5.84. The molecule has 1 aliphatic carbocycles. The van der Waals surface area contributed by atoms with E-state index < -0.39 is 36.3 Å². The lowest BCUT2D eigenvalue weighted by molar-refractivity contribution is -0.438. The van der Waals surface area contributed by atoms with Gasteiger partial charge in [-0.05, 0) is 36.8 Å². The van der Waals surface area contributed by atoms with Crippen LogP contribution in [0.15, 0.2) is 60.7 Å².